The molecule has 21 heavy (non-hydrogen) atoms. The largest absolute Gasteiger partial charge is 0.348 e. The fourth-order valence-electron chi connectivity index (χ4n) is 2.88. The third-order valence-corrected chi connectivity index (χ3v) is 5.46. The van der Waals surface area contributed by atoms with Gasteiger partial charge in [-0.25, -0.2) is 4.98 Å². The van der Waals surface area contributed by atoms with Crippen LogP contribution < -0.4 is 10.2 Å². The van der Waals surface area contributed by atoms with Crippen LogP contribution >= 0.6 is 11.3 Å². The Kier molecular flexibility index (Phi) is 6.45. The summed E-state index contributed by atoms with van der Waals surface area (Å²) in [4.78, 5) is 9.78. The van der Waals surface area contributed by atoms with Crippen molar-refractivity contribution >= 4 is 16.5 Å². The van der Waals surface area contributed by atoms with E-state index < -0.39 is 0 Å². The van der Waals surface area contributed by atoms with Gasteiger partial charge in [0.05, 0.1) is 5.69 Å². The van der Waals surface area contributed by atoms with Crippen LogP contribution in [0.5, 0.6) is 0 Å². The van der Waals surface area contributed by atoms with E-state index in [2.05, 4.69) is 48.3 Å². The second-order valence-electron chi connectivity index (χ2n) is 6.01. The molecule has 0 bridgehead atoms. The molecule has 1 aromatic rings. The van der Waals surface area contributed by atoms with Crippen LogP contribution in [-0.4, -0.2) is 49.2 Å². The maximum absolute atomic E-state index is 4.85. The minimum atomic E-state index is 0.352. The molecule has 5 heteroatoms. The fraction of sp³-hybridized carbons (Fsp3) is 0.812. The van der Waals surface area contributed by atoms with Crippen LogP contribution in [0.2, 0.25) is 0 Å². The Morgan fingerprint density at radius 3 is 2.76 bits per heavy atom. The van der Waals surface area contributed by atoms with Crippen LogP contribution in [-0.2, 0) is 0 Å². The Hall–Kier alpha value is -0.650. The van der Waals surface area contributed by atoms with Crippen molar-refractivity contribution in [2.75, 3.05) is 38.1 Å². The molecule has 0 saturated carbocycles. The van der Waals surface area contributed by atoms with Crippen molar-refractivity contribution in [2.45, 2.75) is 52.1 Å². The lowest BCUT2D eigenvalue weighted by atomic mass is 10.0. The van der Waals surface area contributed by atoms with Gasteiger partial charge in [0.25, 0.3) is 0 Å². The van der Waals surface area contributed by atoms with E-state index in [0.717, 1.165) is 13.0 Å². The molecule has 1 saturated heterocycles. The summed E-state index contributed by atoms with van der Waals surface area (Å²) in [7, 11) is 2.21. The van der Waals surface area contributed by atoms with E-state index in [1.807, 2.05) is 0 Å². The van der Waals surface area contributed by atoms with Gasteiger partial charge in [0.2, 0.25) is 0 Å². The Bertz CT molecular complexity index is 412. The first-order chi connectivity index (χ1) is 10.2. The molecular weight excluding hydrogens is 280 g/mol. The molecule has 1 fully saturated rings. The first kappa shape index (κ1) is 16.7. The lowest BCUT2D eigenvalue weighted by molar-refractivity contribution is 0.221. The highest BCUT2D eigenvalue weighted by molar-refractivity contribution is 7.13. The summed E-state index contributed by atoms with van der Waals surface area (Å²) >= 11 is 1.78. The number of likely N-dealkylation sites (tertiary alicyclic amines) is 1. The number of nitrogens with one attached hydrogen (secondary N) is 1. The van der Waals surface area contributed by atoms with Gasteiger partial charge in [0.1, 0.15) is 0 Å². The van der Waals surface area contributed by atoms with Crippen molar-refractivity contribution in [2.24, 2.45) is 0 Å². The van der Waals surface area contributed by atoms with Gasteiger partial charge in [-0.05, 0) is 39.3 Å². The highest BCUT2D eigenvalue weighted by Gasteiger charge is 2.23. The predicted octanol–water partition coefficient (Wildman–Crippen LogP) is 3.12. The third-order valence-electron chi connectivity index (χ3n) is 4.51. The number of thiazole rings is 1. The monoisotopic (exact) mass is 310 g/mol. The quantitative estimate of drug-likeness (QED) is 0.838. The third kappa shape index (κ3) is 4.41. The van der Waals surface area contributed by atoms with Crippen molar-refractivity contribution in [3.63, 3.8) is 0 Å². The smallest absolute Gasteiger partial charge is 0.185 e. The van der Waals surface area contributed by atoms with Crippen LogP contribution in [0.15, 0.2) is 5.38 Å². The van der Waals surface area contributed by atoms with Gasteiger partial charge < -0.3 is 15.1 Å². The Morgan fingerprint density at radius 2 is 2.14 bits per heavy atom. The van der Waals surface area contributed by atoms with Crippen molar-refractivity contribution in [1.82, 2.24) is 15.2 Å². The highest BCUT2D eigenvalue weighted by atomic mass is 32.1. The SMILES string of the molecule is CCCNC(C)c1csc(N(C)C2CCN(CC)CC2)n1. The van der Waals surface area contributed by atoms with Crippen LogP contribution in [0.25, 0.3) is 0 Å². The summed E-state index contributed by atoms with van der Waals surface area (Å²) in [6.07, 6.45) is 3.67. The summed E-state index contributed by atoms with van der Waals surface area (Å²) in [6, 6.07) is 0.996. The Labute approximate surface area is 133 Å². The first-order valence-electron chi connectivity index (χ1n) is 8.29. The van der Waals surface area contributed by atoms with E-state index in [-0.39, 0.29) is 0 Å². The summed E-state index contributed by atoms with van der Waals surface area (Å²) in [5, 5.41) is 6.89. The van der Waals surface area contributed by atoms with E-state index in [1.54, 1.807) is 11.3 Å². The highest BCUT2D eigenvalue weighted by Crippen LogP contribution is 2.27. The van der Waals surface area contributed by atoms with E-state index in [1.165, 1.54) is 43.3 Å². The second kappa shape index (κ2) is 8.11. The maximum atomic E-state index is 4.85. The number of hydrogen-bond acceptors (Lipinski definition) is 5. The molecule has 1 atom stereocenters. The van der Waals surface area contributed by atoms with E-state index in [4.69, 9.17) is 4.98 Å². The summed E-state index contributed by atoms with van der Waals surface area (Å²) in [6.45, 7) is 11.3. The number of rotatable bonds is 7. The molecule has 1 unspecified atom stereocenters. The number of aromatic nitrogens is 1. The molecule has 2 rings (SSSR count). The van der Waals surface area contributed by atoms with Crippen molar-refractivity contribution in [1.29, 1.82) is 0 Å². The lowest BCUT2D eigenvalue weighted by Crippen LogP contribution is -2.43. The number of nitrogens with zero attached hydrogens (tertiary/aromatic N) is 3. The first-order valence-corrected chi connectivity index (χ1v) is 9.17. The summed E-state index contributed by atoms with van der Waals surface area (Å²) in [5.41, 5.74) is 1.18. The zero-order valence-electron chi connectivity index (χ0n) is 13.9. The molecule has 0 amide bonds. The molecule has 0 spiro atoms. The minimum Gasteiger partial charge on any atom is -0.348 e. The number of hydrogen-bond donors (Lipinski definition) is 1. The molecule has 4 nitrogen and oxygen atoms in total. The van der Waals surface area contributed by atoms with Crippen molar-refractivity contribution in [3.8, 4) is 0 Å². The molecule has 0 aliphatic carbocycles. The van der Waals surface area contributed by atoms with Gasteiger partial charge in [-0.3, -0.25) is 0 Å². The predicted molar refractivity (Wildman–Crippen MR) is 92.4 cm³/mol. The molecule has 0 aromatic carbocycles. The topological polar surface area (TPSA) is 31.4 Å². The van der Waals surface area contributed by atoms with Crippen LogP contribution in [0.4, 0.5) is 5.13 Å². The average Bonchev–Trinajstić information content (AvgIpc) is 3.02. The molecule has 1 aliphatic heterocycles. The molecule has 2 heterocycles. The fourth-order valence-corrected chi connectivity index (χ4v) is 3.84. The normalized spacial score (nSPS) is 18.9. The van der Waals surface area contributed by atoms with Gasteiger partial charge in [0, 0.05) is 37.6 Å². The van der Waals surface area contributed by atoms with E-state index in [9.17, 15) is 0 Å². The van der Waals surface area contributed by atoms with Crippen molar-refractivity contribution < 1.29 is 0 Å². The molecule has 1 N–H and O–H groups in total. The minimum absolute atomic E-state index is 0.352. The second-order valence-corrected chi connectivity index (χ2v) is 6.84. The molecule has 0 radical (unpaired) electrons. The number of anilines is 1. The maximum Gasteiger partial charge on any atom is 0.185 e. The zero-order chi connectivity index (χ0) is 15.2. The molecule has 1 aromatic heterocycles. The number of piperidine rings is 1. The van der Waals surface area contributed by atoms with Gasteiger partial charge in [-0.2, -0.15) is 0 Å². The molecule has 1 aliphatic rings. The Balaban J connectivity index is 1.91. The van der Waals surface area contributed by atoms with E-state index >= 15 is 0 Å². The van der Waals surface area contributed by atoms with Gasteiger partial charge in [-0.15, -0.1) is 11.3 Å². The van der Waals surface area contributed by atoms with Gasteiger partial charge in [-0.1, -0.05) is 13.8 Å². The molecule has 120 valence electrons. The van der Waals surface area contributed by atoms with Gasteiger partial charge >= 0.3 is 0 Å². The van der Waals surface area contributed by atoms with Crippen LogP contribution in [0, 0.1) is 0 Å². The average molecular weight is 311 g/mol. The van der Waals surface area contributed by atoms with Crippen LogP contribution in [0.3, 0.4) is 0 Å². The zero-order valence-corrected chi connectivity index (χ0v) is 14.7. The lowest BCUT2D eigenvalue weighted by Gasteiger charge is -2.36. The van der Waals surface area contributed by atoms with Crippen molar-refractivity contribution in [3.05, 3.63) is 11.1 Å². The summed E-state index contributed by atoms with van der Waals surface area (Å²) < 4.78 is 0. The Morgan fingerprint density at radius 1 is 1.43 bits per heavy atom. The van der Waals surface area contributed by atoms with Gasteiger partial charge in [0.15, 0.2) is 5.13 Å². The van der Waals surface area contributed by atoms with E-state index in [0.29, 0.717) is 12.1 Å². The molecular formula is C16H30N4S. The summed E-state index contributed by atoms with van der Waals surface area (Å²) in [5.74, 6) is 0. The standard InChI is InChI=1S/C16H30N4S/c1-5-9-17-13(3)15-12-21-16(18-15)19(4)14-7-10-20(6-2)11-8-14/h12-14,17H,5-11H2,1-4H3. The van der Waals surface area contributed by atoms with Crippen LogP contribution in [0.1, 0.15) is 51.8 Å².